The highest BCUT2D eigenvalue weighted by Crippen LogP contribution is 2.63. The molecule has 1 spiro atoms. The number of rotatable bonds is 2. The molecule has 0 radical (unpaired) electrons. The third kappa shape index (κ3) is 2.28. The van der Waals surface area contributed by atoms with Crippen LogP contribution in [-0.4, -0.2) is 43.4 Å². The van der Waals surface area contributed by atoms with Crippen LogP contribution in [0.2, 0.25) is 0 Å². The molecule has 4 heteroatoms. The van der Waals surface area contributed by atoms with Gasteiger partial charge in [0.15, 0.2) is 5.79 Å². The van der Waals surface area contributed by atoms with Crippen molar-refractivity contribution < 1.29 is 19.3 Å². The lowest BCUT2D eigenvalue weighted by Crippen LogP contribution is -2.51. The predicted molar refractivity (Wildman–Crippen MR) is 98.6 cm³/mol. The molecule has 4 nitrogen and oxygen atoms in total. The van der Waals surface area contributed by atoms with Crippen molar-refractivity contribution in [2.45, 2.75) is 69.7 Å². The van der Waals surface area contributed by atoms with Gasteiger partial charge in [0.1, 0.15) is 0 Å². The lowest BCUT2D eigenvalue weighted by atomic mass is 9.56. The number of fused-ring (bicyclic) bond motifs is 4. The quantitative estimate of drug-likeness (QED) is 0.815. The highest BCUT2D eigenvalue weighted by molar-refractivity contribution is 5.45. The van der Waals surface area contributed by atoms with Gasteiger partial charge in [0.25, 0.3) is 0 Å². The Bertz CT molecular complexity index is 659. The van der Waals surface area contributed by atoms with Crippen molar-refractivity contribution >= 4 is 0 Å². The average Bonchev–Trinajstić information content (AvgIpc) is 3.18. The fourth-order valence-electron chi connectivity index (χ4n) is 6.87. The van der Waals surface area contributed by atoms with Crippen molar-refractivity contribution in [3.8, 4) is 0 Å². The van der Waals surface area contributed by atoms with E-state index in [1.807, 2.05) is 0 Å². The van der Waals surface area contributed by atoms with Crippen LogP contribution in [0.1, 0.15) is 58.3 Å². The number of allylic oxidation sites excluding steroid dienone is 3. The molecule has 4 atom stereocenters. The van der Waals surface area contributed by atoms with E-state index in [1.54, 1.807) is 23.8 Å². The van der Waals surface area contributed by atoms with Gasteiger partial charge in [-0.05, 0) is 61.5 Å². The summed E-state index contributed by atoms with van der Waals surface area (Å²) in [4.78, 5) is 0. The first-order valence-electron chi connectivity index (χ1n) is 10.4. The molecule has 26 heavy (non-hydrogen) atoms. The third-order valence-electron chi connectivity index (χ3n) is 8.35. The second-order valence-electron chi connectivity index (χ2n) is 9.40. The average molecular weight is 360 g/mol. The zero-order valence-corrected chi connectivity index (χ0v) is 16.2. The van der Waals surface area contributed by atoms with Crippen LogP contribution in [0, 0.1) is 17.3 Å². The van der Waals surface area contributed by atoms with E-state index in [0.717, 1.165) is 51.7 Å². The van der Waals surface area contributed by atoms with Gasteiger partial charge >= 0.3 is 0 Å². The monoisotopic (exact) mass is 360 g/mol. The van der Waals surface area contributed by atoms with Crippen LogP contribution in [0.3, 0.4) is 0 Å². The minimum absolute atomic E-state index is 0.0528. The van der Waals surface area contributed by atoms with Crippen molar-refractivity contribution in [2.24, 2.45) is 17.3 Å². The van der Waals surface area contributed by atoms with Crippen LogP contribution >= 0.6 is 0 Å². The summed E-state index contributed by atoms with van der Waals surface area (Å²) in [5, 5.41) is 11.3. The van der Waals surface area contributed by atoms with Crippen LogP contribution in [0.15, 0.2) is 22.8 Å². The van der Waals surface area contributed by atoms with E-state index in [0.29, 0.717) is 18.4 Å². The van der Waals surface area contributed by atoms with Gasteiger partial charge in [-0.3, -0.25) is 0 Å². The molecule has 1 N–H and O–H groups in total. The van der Waals surface area contributed by atoms with Gasteiger partial charge in [0.05, 0.1) is 25.4 Å². The van der Waals surface area contributed by atoms with E-state index in [9.17, 15) is 5.11 Å². The number of hydrogen-bond donors (Lipinski definition) is 1. The Balaban J connectivity index is 1.46. The molecular weight excluding hydrogens is 328 g/mol. The maximum atomic E-state index is 11.3. The van der Waals surface area contributed by atoms with Gasteiger partial charge in [-0.1, -0.05) is 18.6 Å². The predicted octanol–water partition coefficient (Wildman–Crippen LogP) is 3.74. The Hall–Kier alpha value is -0.680. The van der Waals surface area contributed by atoms with Gasteiger partial charge in [0, 0.05) is 25.4 Å². The molecular formula is C22H32O4. The Morgan fingerprint density at radius 1 is 1.19 bits per heavy atom. The molecule has 1 saturated carbocycles. The van der Waals surface area contributed by atoms with E-state index < -0.39 is 5.60 Å². The van der Waals surface area contributed by atoms with Crippen LogP contribution in [0.4, 0.5) is 0 Å². The van der Waals surface area contributed by atoms with Crippen LogP contribution < -0.4 is 0 Å². The zero-order chi connectivity index (χ0) is 18.0. The smallest absolute Gasteiger partial charge is 0.172 e. The fraction of sp³-hybridized carbons (Fsp3) is 0.818. The van der Waals surface area contributed by atoms with E-state index in [2.05, 4.69) is 13.0 Å². The molecule has 1 saturated heterocycles. The van der Waals surface area contributed by atoms with Crippen molar-refractivity contribution in [1.29, 1.82) is 0 Å². The Morgan fingerprint density at radius 3 is 2.77 bits per heavy atom. The summed E-state index contributed by atoms with van der Waals surface area (Å²) < 4.78 is 17.4. The minimum Gasteiger partial charge on any atom is -0.387 e. The van der Waals surface area contributed by atoms with E-state index in [4.69, 9.17) is 14.2 Å². The fourth-order valence-corrected chi connectivity index (χ4v) is 6.87. The molecule has 0 unspecified atom stereocenters. The third-order valence-corrected chi connectivity index (χ3v) is 8.35. The molecule has 1 heterocycles. The topological polar surface area (TPSA) is 47.9 Å². The summed E-state index contributed by atoms with van der Waals surface area (Å²) in [7, 11) is 1.71. The van der Waals surface area contributed by atoms with Gasteiger partial charge in [-0.2, -0.15) is 0 Å². The molecule has 5 aliphatic rings. The maximum Gasteiger partial charge on any atom is 0.172 e. The normalized spacial score (nSPS) is 43.9. The summed E-state index contributed by atoms with van der Waals surface area (Å²) in [6, 6.07) is 0. The molecule has 0 bridgehead atoms. The number of ether oxygens (including phenoxy) is 3. The molecule has 1 aliphatic heterocycles. The summed E-state index contributed by atoms with van der Waals surface area (Å²) >= 11 is 0. The molecule has 5 rings (SSSR count). The van der Waals surface area contributed by atoms with E-state index in [1.165, 1.54) is 12.8 Å². The molecule has 0 aromatic heterocycles. The summed E-state index contributed by atoms with van der Waals surface area (Å²) in [6.45, 7) is 4.25. The van der Waals surface area contributed by atoms with Crippen LogP contribution in [0.5, 0.6) is 0 Å². The Labute approximate surface area is 156 Å². The van der Waals surface area contributed by atoms with Crippen molar-refractivity contribution in [3.05, 3.63) is 22.8 Å². The van der Waals surface area contributed by atoms with Gasteiger partial charge in [0.2, 0.25) is 0 Å². The molecule has 0 aromatic carbocycles. The molecule has 4 aliphatic carbocycles. The van der Waals surface area contributed by atoms with Gasteiger partial charge in [-0.15, -0.1) is 0 Å². The maximum absolute atomic E-state index is 11.3. The van der Waals surface area contributed by atoms with Gasteiger partial charge in [-0.25, -0.2) is 0 Å². The lowest BCUT2D eigenvalue weighted by Gasteiger charge is -2.51. The zero-order valence-electron chi connectivity index (χ0n) is 16.2. The standard InChI is InChI=1S/C22H32O4/c1-20-8-5-17-16-6-10-22(25-11-12-26-22)13-15(16)3-4-18(17)19(20)7-9-21(20,23)14-24-2/h5,18-19,23H,3-4,6-14H2,1-2H3/t18-,19+,20+,21+/m1/s1. The van der Waals surface area contributed by atoms with E-state index >= 15 is 0 Å². The molecule has 2 fully saturated rings. The second-order valence-corrected chi connectivity index (χ2v) is 9.40. The Morgan fingerprint density at radius 2 is 2.00 bits per heavy atom. The minimum atomic E-state index is -0.675. The molecule has 144 valence electrons. The number of hydrogen-bond acceptors (Lipinski definition) is 4. The first-order chi connectivity index (χ1) is 12.5. The first-order valence-corrected chi connectivity index (χ1v) is 10.4. The summed E-state index contributed by atoms with van der Waals surface area (Å²) in [6.07, 6.45) is 10.9. The van der Waals surface area contributed by atoms with E-state index in [-0.39, 0.29) is 11.2 Å². The van der Waals surface area contributed by atoms with Crippen molar-refractivity contribution in [1.82, 2.24) is 0 Å². The largest absolute Gasteiger partial charge is 0.387 e. The first kappa shape index (κ1) is 17.4. The van der Waals surface area contributed by atoms with Gasteiger partial charge < -0.3 is 19.3 Å². The SMILES string of the molecule is COC[C@@]1(O)CC[C@H]2[C@@H]3CCC4=C(CCC5(C4)OCCO5)C3=CC[C@@]21C. The summed E-state index contributed by atoms with van der Waals surface area (Å²) in [5.41, 5.74) is 4.06. The molecule has 0 aromatic rings. The summed E-state index contributed by atoms with van der Waals surface area (Å²) in [5.74, 6) is 0.867. The van der Waals surface area contributed by atoms with Crippen molar-refractivity contribution in [2.75, 3.05) is 26.9 Å². The number of aliphatic hydroxyl groups is 1. The lowest BCUT2D eigenvalue weighted by molar-refractivity contribution is -0.164. The molecule has 0 amide bonds. The Kier molecular flexibility index (Phi) is 3.96. The van der Waals surface area contributed by atoms with Crippen LogP contribution in [0.25, 0.3) is 0 Å². The number of methoxy groups -OCH3 is 1. The highest BCUT2D eigenvalue weighted by atomic mass is 16.7. The van der Waals surface area contributed by atoms with Crippen LogP contribution in [-0.2, 0) is 14.2 Å². The van der Waals surface area contributed by atoms with Crippen molar-refractivity contribution in [3.63, 3.8) is 0 Å². The second kappa shape index (κ2) is 5.91. The highest BCUT2D eigenvalue weighted by Gasteiger charge is 2.60.